The van der Waals surface area contributed by atoms with Crippen LogP contribution in [0.15, 0.2) is 65.7 Å². The summed E-state index contributed by atoms with van der Waals surface area (Å²) in [5.74, 6) is 2.17. The molecule has 0 aliphatic rings. The Balaban J connectivity index is 1.49. The summed E-state index contributed by atoms with van der Waals surface area (Å²) in [4.78, 5) is 4.75. The summed E-state index contributed by atoms with van der Waals surface area (Å²) in [6.45, 7) is 8.39. The molecule has 4 aromatic rings. The van der Waals surface area contributed by atoms with Crippen LogP contribution < -0.4 is 4.74 Å². The molecule has 0 N–H and O–H groups in total. The van der Waals surface area contributed by atoms with Crippen LogP contribution in [0.1, 0.15) is 30.1 Å². The van der Waals surface area contributed by atoms with E-state index in [0.717, 1.165) is 38.6 Å². The Hall–Kier alpha value is -2.32. The minimum absolute atomic E-state index is 0.294. The number of rotatable bonds is 9. The molecule has 170 valence electrons. The molecular formula is C24H22Cl2N4OS2. The monoisotopic (exact) mass is 516 g/mol. The minimum atomic E-state index is -0.294. The summed E-state index contributed by atoms with van der Waals surface area (Å²) < 4.78 is 8.19. The maximum absolute atomic E-state index is 6.32. The van der Waals surface area contributed by atoms with Crippen LogP contribution in [0.3, 0.4) is 0 Å². The Kier molecular flexibility index (Phi) is 7.75. The van der Waals surface area contributed by atoms with E-state index in [1.165, 1.54) is 0 Å². The molecule has 0 bridgehead atoms. The van der Waals surface area contributed by atoms with Gasteiger partial charge in [0, 0.05) is 28.3 Å². The summed E-state index contributed by atoms with van der Waals surface area (Å²) in [7, 11) is 0. The Morgan fingerprint density at radius 3 is 2.79 bits per heavy atom. The van der Waals surface area contributed by atoms with Gasteiger partial charge in [0.1, 0.15) is 10.8 Å². The van der Waals surface area contributed by atoms with Gasteiger partial charge in [-0.2, -0.15) is 0 Å². The molecule has 4 rings (SSSR count). The Bertz CT molecular complexity index is 1270. The van der Waals surface area contributed by atoms with Gasteiger partial charge < -0.3 is 4.74 Å². The van der Waals surface area contributed by atoms with E-state index < -0.39 is 0 Å². The van der Waals surface area contributed by atoms with E-state index in [0.29, 0.717) is 22.3 Å². The maximum atomic E-state index is 6.32. The predicted octanol–water partition coefficient (Wildman–Crippen LogP) is 7.64. The van der Waals surface area contributed by atoms with E-state index in [9.17, 15) is 0 Å². The largest absolute Gasteiger partial charge is 0.482 e. The number of thiazole rings is 1. The van der Waals surface area contributed by atoms with E-state index in [1.54, 1.807) is 23.1 Å². The minimum Gasteiger partial charge on any atom is -0.482 e. The maximum Gasteiger partial charge on any atom is 0.192 e. The third-order valence-electron chi connectivity index (χ3n) is 4.87. The molecule has 2 aromatic carbocycles. The van der Waals surface area contributed by atoms with Crippen LogP contribution in [-0.2, 0) is 12.3 Å². The average molecular weight is 518 g/mol. The topological polar surface area (TPSA) is 52.8 Å². The number of allylic oxidation sites excluding steroid dienone is 1. The van der Waals surface area contributed by atoms with Crippen LogP contribution in [0.4, 0.5) is 0 Å². The van der Waals surface area contributed by atoms with E-state index in [-0.39, 0.29) is 6.10 Å². The number of aromatic nitrogens is 4. The Morgan fingerprint density at radius 1 is 1.21 bits per heavy atom. The van der Waals surface area contributed by atoms with Gasteiger partial charge in [0.25, 0.3) is 0 Å². The van der Waals surface area contributed by atoms with E-state index in [4.69, 9.17) is 32.9 Å². The van der Waals surface area contributed by atoms with Crippen molar-refractivity contribution in [2.24, 2.45) is 0 Å². The SMILES string of the molecule is C=CCn1c(SCc2csc(-c3ccccc3Cl)n2)nnc1C(C)Oc1ccc(Cl)cc1C. The molecule has 33 heavy (non-hydrogen) atoms. The zero-order valence-corrected chi connectivity index (χ0v) is 21.3. The molecule has 2 aromatic heterocycles. The first-order chi connectivity index (χ1) is 16.0. The number of nitrogens with zero attached hydrogens (tertiary/aromatic N) is 4. The number of hydrogen-bond donors (Lipinski definition) is 0. The third kappa shape index (κ3) is 5.61. The molecule has 0 amide bonds. The smallest absolute Gasteiger partial charge is 0.192 e. The van der Waals surface area contributed by atoms with Crippen molar-refractivity contribution in [3.8, 4) is 16.3 Å². The Labute approximate surface area is 211 Å². The van der Waals surface area contributed by atoms with Crippen LogP contribution in [0, 0.1) is 6.92 Å². The van der Waals surface area contributed by atoms with Gasteiger partial charge in [-0.15, -0.1) is 28.1 Å². The fourth-order valence-corrected chi connectivity index (χ4v) is 5.59. The second-order valence-electron chi connectivity index (χ2n) is 7.32. The lowest BCUT2D eigenvalue weighted by molar-refractivity contribution is 0.209. The van der Waals surface area contributed by atoms with Crippen molar-refractivity contribution in [2.45, 2.75) is 37.4 Å². The molecule has 5 nitrogen and oxygen atoms in total. The van der Waals surface area contributed by atoms with Gasteiger partial charge in [-0.25, -0.2) is 4.98 Å². The quantitative estimate of drug-likeness (QED) is 0.169. The molecule has 1 unspecified atom stereocenters. The number of ether oxygens (including phenoxy) is 1. The second-order valence-corrected chi connectivity index (χ2v) is 9.97. The van der Waals surface area contributed by atoms with Crippen LogP contribution in [0.2, 0.25) is 10.0 Å². The molecular weight excluding hydrogens is 495 g/mol. The summed E-state index contributed by atoms with van der Waals surface area (Å²) in [6, 6.07) is 13.3. The van der Waals surface area contributed by atoms with E-state index in [1.807, 2.05) is 67.0 Å². The number of thioether (sulfide) groups is 1. The molecule has 9 heteroatoms. The second kappa shape index (κ2) is 10.7. The lowest BCUT2D eigenvalue weighted by atomic mass is 10.2. The zero-order chi connectivity index (χ0) is 23.4. The van der Waals surface area contributed by atoms with Crippen molar-refractivity contribution in [3.63, 3.8) is 0 Å². The van der Waals surface area contributed by atoms with Gasteiger partial charge in [0.15, 0.2) is 17.1 Å². The molecule has 0 aliphatic heterocycles. The van der Waals surface area contributed by atoms with Gasteiger partial charge in [-0.05, 0) is 43.7 Å². The summed E-state index contributed by atoms with van der Waals surface area (Å²) in [5.41, 5.74) is 2.88. The van der Waals surface area contributed by atoms with Crippen LogP contribution >= 0.6 is 46.3 Å². The highest BCUT2D eigenvalue weighted by Crippen LogP contribution is 2.33. The van der Waals surface area contributed by atoms with Gasteiger partial charge in [-0.3, -0.25) is 4.57 Å². The molecule has 2 heterocycles. The van der Waals surface area contributed by atoms with Gasteiger partial charge in [0.2, 0.25) is 0 Å². The molecule has 0 spiro atoms. The molecule has 1 atom stereocenters. The van der Waals surface area contributed by atoms with Crippen LogP contribution in [0.5, 0.6) is 5.75 Å². The lowest BCUT2D eigenvalue weighted by Crippen LogP contribution is -2.12. The highest BCUT2D eigenvalue weighted by atomic mass is 35.5. The van der Waals surface area contributed by atoms with Crippen LogP contribution in [-0.4, -0.2) is 19.7 Å². The molecule has 0 aliphatic carbocycles. The number of aryl methyl sites for hydroxylation is 1. The van der Waals surface area contributed by atoms with Crippen molar-refractivity contribution in [2.75, 3.05) is 0 Å². The van der Waals surface area contributed by atoms with Crippen LogP contribution in [0.25, 0.3) is 10.6 Å². The van der Waals surface area contributed by atoms with Crippen molar-refractivity contribution in [1.29, 1.82) is 0 Å². The van der Waals surface area contributed by atoms with Gasteiger partial charge in [-0.1, -0.05) is 59.2 Å². The first-order valence-corrected chi connectivity index (χ1v) is 12.9. The summed E-state index contributed by atoms with van der Waals surface area (Å²) in [6.07, 6.45) is 1.54. The van der Waals surface area contributed by atoms with Crippen molar-refractivity contribution in [3.05, 3.63) is 87.6 Å². The van der Waals surface area contributed by atoms with E-state index in [2.05, 4.69) is 22.2 Å². The summed E-state index contributed by atoms with van der Waals surface area (Å²) >= 11 is 15.5. The highest BCUT2D eigenvalue weighted by molar-refractivity contribution is 7.98. The van der Waals surface area contributed by atoms with Crippen molar-refractivity contribution < 1.29 is 4.74 Å². The average Bonchev–Trinajstić information content (AvgIpc) is 3.42. The highest BCUT2D eigenvalue weighted by Gasteiger charge is 2.20. The Morgan fingerprint density at radius 2 is 2.03 bits per heavy atom. The first kappa shape index (κ1) is 23.8. The van der Waals surface area contributed by atoms with Crippen molar-refractivity contribution >= 4 is 46.3 Å². The fraction of sp³-hybridized carbons (Fsp3) is 0.208. The molecule has 0 radical (unpaired) electrons. The van der Waals surface area contributed by atoms with Gasteiger partial charge >= 0.3 is 0 Å². The van der Waals surface area contributed by atoms with E-state index >= 15 is 0 Å². The predicted molar refractivity (Wildman–Crippen MR) is 138 cm³/mol. The normalized spacial score (nSPS) is 12.0. The summed E-state index contributed by atoms with van der Waals surface area (Å²) in [5, 5.41) is 14.0. The number of benzene rings is 2. The molecule has 0 fully saturated rings. The molecule has 0 saturated carbocycles. The van der Waals surface area contributed by atoms with Crippen molar-refractivity contribution in [1.82, 2.24) is 19.7 Å². The number of halogens is 2. The standard InChI is InChI=1S/C24H22Cl2N4OS2/c1-4-11-30-22(16(3)31-21-10-9-17(25)12-15(21)2)28-29-24(30)33-14-18-13-32-23(27-18)19-7-5-6-8-20(19)26/h4-10,12-13,16H,1,11,14H2,2-3H3. The fourth-order valence-electron chi connectivity index (χ4n) is 3.27. The van der Waals surface area contributed by atoms with Gasteiger partial charge in [0.05, 0.1) is 10.7 Å². The third-order valence-corrected chi connectivity index (χ3v) is 7.36. The first-order valence-electron chi connectivity index (χ1n) is 10.2. The number of hydrogen-bond acceptors (Lipinski definition) is 6. The zero-order valence-electron chi connectivity index (χ0n) is 18.2. The lowest BCUT2D eigenvalue weighted by Gasteiger charge is -2.17. The molecule has 0 saturated heterocycles.